The van der Waals surface area contributed by atoms with Crippen LogP contribution in [-0.4, -0.2) is 21.3 Å². The lowest BCUT2D eigenvalue weighted by Gasteiger charge is -2.02. The molecule has 2 aromatic carbocycles. The molecule has 3 aromatic rings. The maximum absolute atomic E-state index is 9.62. The standard InChI is InChI=1S/C15H10BrNO.C3H6O2S/c16-13-8-4-7-12(9-13)15-14(17-10-18-15)11-5-2-1-3-6-11;1-2(6)3(4)5/h1-10H;2,6H,1H3,(H,4,5). The van der Waals surface area contributed by atoms with Gasteiger partial charge in [0.2, 0.25) is 0 Å². The maximum Gasteiger partial charge on any atom is 0.316 e. The van der Waals surface area contributed by atoms with Gasteiger partial charge in [0, 0.05) is 15.6 Å². The average Bonchev–Trinajstić information content (AvgIpc) is 3.06. The first-order chi connectivity index (χ1) is 11.5. The Morgan fingerprint density at radius 1 is 1.17 bits per heavy atom. The molecule has 124 valence electrons. The lowest BCUT2D eigenvalue weighted by Crippen LogP contribution is -2.06. The first-order valence-electron chi connectivity index (χ1n) is 7.14. The summed E-state index contributed by atoms with van der Waals surface area (Å²) in [5, 5.41) is 7.38. The molecule has 0 amide bonds. The van der Waals surface area contributed by atoms with Crippen molar-refractivity contribution in [3.05, 3.63) is 65.5 Å². The second kappa shape index (κ2) is 8.70. The van der Waals surface area contributed by atoms with Gasteiger partial charge in [-0.25, -0.2) is 4.98 Å². The van der Waals surface area contributed by atoms with Crippen molar-refractivity contribution >= 4 is 34.5 Å². The van der Waals surface area contributed by atoms with Crippen LogP contribution in [0.2, 0.25) is 0 Å². The number of oxazole rings is 1. The average molecular weight is 406 g/mol. The molecular weight excluding hydrogens is 390 g/mol. The second-order valence-corrected chi connectivity index (χ2v) is 6.61. The number of halogens is 1. The summed E-state index contributed by atoms with van der Waals surface area (Å²) in [6.45, 7) is 1.51. The van der Waals surface area contributed by atoms with E-state index >= 15 is 0 Å². The van der Waals surface area contributed by atoms with E-state index in [1.807, 2.05) is 54.6 Å². The Bertz CT molecular complexity index is 803. The first kappa shape index (κ1) is 18.3. The van der Waals surface area contributed by atoms with Crippen LogP contribution < -0.4 is 0 Å². The molecule has 1 atom stereocenters. The summed E-state index contributed by atoms with van der Waals surface area (Å²) in [5.41, 5.74) is 2.94. The third-order valence-electron chi connectivity index (χ3n) is 3.06. The number of carbonyl (C=O) groups is 1. The Balaban J connectivity index is 0.000000301. The Labute approximate surface area is 154 Å². The number of aromatic nitrogens is 1. The van der Waals surface area contributed by atoms with Crippen molar-refractivity contribution in [2.45, 2.75) is 12.2 Å². The number of thiol groups is 1. The highest BCUT2D eigenvalue weighted by molar-refractivity contribution is 9.10. The lowest BCUT2D eigenvalue weighted by atomic mass is 10.1. The molecule has 0 aliphatic rings. The van der Waals surface area contributed by atoms with Gasteiger partial charge in [0.05, 0.1) is 5.25 Å². The predicted molar refractivity (Wildman–Crippen MR) is 101 cm³/mol. The van der Waals surface area contributed by atoms with E-state index in [-0.39, 0.29) is 0 Å². The summed E-state index contributed by atoms with van der Waals surface area (Å²) in [6.07, 6.45) is 1.48. The minimum absolute atomic E-state index is 0.537. The molecule has 1 aromatic heterocycles. The molecule has 0 saturated heterocycles. The summed E-state index contributed by atoms with van der Waals surface area (Å²) in [5.74, 6) is -0.0826. The zero-order valence-corrected chi connectivity index (χ0v) is 15.4. The van der Waals surface area contributed by atoms with E-state index in [0.29, 0.717) is 0 Å². The first-order valence-corrected chi connectivity index (χ1v) is 8.45. The normalized spacial score (nSPS) is 11.3. The van der Waals surface area contributed by atoms with E-state index in [4.69, 9.17) is 9.52 Å². The quantitative estimate of drug-likeness (QED) is 0.590. The van der Waals surface area contributed by atoms with Gasteiger partial charge in [0.1, 0.15) is 5.69 Å². The summed E-state index contributed by atoms with van der Waals surface area (Å²) < 4.78 is 6.55. The van der Waals surface area contributed by atoms with Gasteiger partial charge in [-0.05, 0) is 19.1 Å². The highest BCUT2D eigenvalue weighted by atomic mass is 79.9. The largest absolute Gasteiger partial charge is 0.480 e. The van der Waals surface area contributed by atoms with Gasteiger partial charge in [-0.2, -0.15) is 12.6 Å². The molecular formula is C18H16BrNO3S. The Kier molecular flexibility index (Phi) is 6.63. The SMILES string of the molecule is Brc1cccc(-c2ocnc2-c2ccccc2)c1.CC(S)C(=O)O. The molecule has 1 unspecified atom stereocenters. The predicted octanol–water partition coefficient (Wildman–Crippen LogP) is 5.16. The van der Waals surface area contributed by atoms with Crippen LogP contribution in [0.5, 0.6) is 0 Å². The molecule has 6 heteroatoms. The van der Waals surface area contributed by atoms with Crippen molar-refractivity contribution in [2.75, 3.05) is 0 Å². The highest BCUT2D eigenvalue weighted by Gasteiger charge is 2.12. The Morgan fingerprint density at radius 3 is 2.38 bits per heavy atom. The van der Waals surface area contributed by atoms with Crippen molar-refractivity contribution in [3.63, 3.8) is 0 Å². The van der Waals surface area contributed by atoms with Crippen LogP contribution >= 0.6 is 28.6 Å². The summed E-state index contributed by atoms with van der Waals surface area (Å²) in [4.78, 5) is 13.9. The van der Waals surface area contributed by atoms with Crippen LogP contribution in [0.4, 0.5) is 0 Å². The molecule has 4 nitrogen and oxygen atoms in total. The highest BCUT2D eigenvalue weighted by Crippen LogP contribution is 2.31. The smallest absolute Gasteiger partial charge is 0.316 e. The van der Waals surface area contributed by atoms with Gasteiger partial charge in [-0.15, -0.1) is 0 Å². The number of aliphatic carboxylic acids is 1. The molecule has 0 aliphatic heterocycles. The molecule has 0 fully saturated rings. The van der Waals surface area contributed by atoms with Gasteiger partial charge in [0.15, 0.2) is 12.2 Å². The third-order valence-corrected chi connectivity index (χ3v) is 3.77. The Morgan fingerprint density at radius 2 is 1.79 bits per heavy atom. The molecule has 0 spiro atoms. The van der Waals surface area contributed by atoms with Crippen LogP contribution in [0.25, 0.3) is 22.6 Å². The fourth-order valence-corrected chi connectivity index (χ4v) is 2.28. The van der Waals surface area contributed by atoms with E-state index in [2.05, 4.69) is 33.5 Å². The minimum Gasteiger partial charge on any atom is -0.480 e. The van der Waals surface area contributed by atoms with Gasteiger partial charge in [-0.1, -0.05) is 58.4 Å². The van der Waals surface area contributed by atoms with Crippen molar-refractivity contribution in [3.8, 4) is 22.6 Å². The molecule has 1 N–H and O–H groups in total. The van der Waals surface area contributed by atoms with Gasteiger partial charge in [-0.3, -0.25) is 4.79 Å². The zero-order chi connectivity index (χ0) is 17.5. The zero-order valence-electron chi connectivity index (χ0n) is 12.9. The van der Waals surface area contributed by atoms with Crippen molar-refractivity contribution in [1.29, 1.82) is 0 Å². The second-order valence-electron chi connectivity index (χ2n) is 4.92. The van der Waals surface area contributed by atoms with Crippen LogP contribution in [0.1, 0.15) is 6.92 Å². The number of carboxylic acid groups (broad SMARTS) is 1. The van der Waals surface area contributed by atoms with Crippen LogP contribution in [0.15, 0.2) is 69.9 Å². The molecule has 24 heavy (non-hydrogen) atoms. The molecule has 3 rings (SSSR count). The number of hydrogen-bond acceptors (Lipinski definition) is 4. The molecule has 0 radical (unpaired) electrons. The summed E-state index contributed by atoms with van der Waals surface area (Å²) in [7, 11) is 0. The van der Waals surface area contributed by atoms with E-state index in [1.54, 1.807) is 0 Å². The molecule has 0 bridgehead atoms. The fraction of sp³-hybridized carbons (Fsp3) is 0.111. The van der Waals surface area contributed by atoms with E-state index in [9.17, 15) is 4.79 Å². The number of nitrogens with zero attached hydrogens (tertiary/aromatic N) is 1. The van der Waals surface area contributed by atoms with Crippen LogP contribution in [0.3, 0.4) is 0 Å². The monoisotopic (exact) mass is 405 g/mol. The van der Waals surface area contributed by atoms with Crippen molar-refractivity contribution in [2.24, 2.45) is 0 Å². The van der Waals surface area contributed by atoms with Crippen molar-refractivity contribution < 1.29 is 14.3 Å². The van der Waals surface area contributed by atoms with E-state index in [0.717, 1.165) is 27.1 Å². The van der Waals surface area contributed by atoms with Gasteiger partial charge < -0.3 is 9.52 Å². The van der Waals surface area contributed by atoms with E-state index < -0.39 is 11.2 Å². The lowest BCUT2D eigenvalue weighted by molar-refractivity contribution is -0.136. The number of hydrogen-bond donors (Lipinski definition) is 2. The number of rotatable bonds is 3. The topological polar surface area (TPSA) is 63.3 Å². The van der Waals surface area contributed by atoms with Crippen LogP contribution in [0, 0.1) is 0 Å². The number of carboxylic acids is 1. The molecule has 0 saturated carbocycles. The maximum atomic E-state index is 9.62. The third kappa shape index (κ3) is 4.97. The molecule has 1 heterocycles. The van der Waals surface area contributed by atoms with Crippen molar-refractivity contribution in [1.82, 2.24) is 4.98 Å². The summed E-state index contributed by atoms with van der Waals surface area (Å²) >= 11 is 7.06. The number of benzene rings is 2. The van der Waals surface area contributed by atoms with E-state index in [1.165, 1.54) is 13.3 Å². The van der Waals surface area contributed by atoms with Gasteiger partial charge in [0.25, 0.3) is 0 Å². The fourth-order valence-electron chi connectivity index (χ4n) is 1.88. The minimum atomic E-state index is -0.877. The van der Waals surface area contributed by atoms with Gasteiger partial charge >= 0.3 is 5.97 Å². The Hall–Kier alpha value is -2.05. The molecule has 0 aliphatic carbocycles. The van der Waals surface area contributed by atoms with Crippen LogP contribution in [-0.2, 0) is 4.79 Å². The summed E-state index contributed by atoms with van der Waals surface area (Å²) in [6, 6.07) is 18.0.